The molecule has 1 fully saturated rings. The van der Waals surface area contributed by atoms with Crippen LogP contribution in [0.1, 0.15) is 39.5 Å². The molecule has 0 radical (unpaired) electrons. The van der Waals surface area contributed by atoms with Crippen molar-refractivity contribution in [2.24, 2.45) is 11.8 Å². The zero-order valence-corrected chi connectivity index (χ0v) is 9.16. The maximum atomic E-state index is 11.2. The molecule has 0 aromatic carbocycles. The van der Waals surface area contributed by atoms with Crippen molar-refractivity contribution in [1.82, 2.24) is 0 Å². The summed E-state index contributed by atoms with van der Waals surface area (Å²) in [6, 6.07) is 0. The van der Waals surface area contributed by atoms with Crippen molar-refractivity contribution in [3.63, 3.8) is 0 Å². The Morgan fingerprint density at radius 2 is 2.07 bits per heavy atom. The Morgan fingerprint density at radius 3 is 2.64 bits per heavy atom. The predicted octanol–water partition coefficient (Wildman–Crippen LogP) is 2.93. The monoisotopic (exact) mass is 196 g/mol. The van der Waals surface area contributed by atoms with Crippen LogP contribution in [0.2, 0.25) is 0 Å². The molecule has 1 saturated carbocycles. The summed E-state index contributed by atoms with van der Waals surface area (Å²) in [5.41, 5.74) is 0. The van der Waals surface area contributed by atoms with Gasteiger partial charge in [-0.05, 0) is 24.7 Å². The van der Waals surface area contributed by atoms with E-state index in [1.165, 1.54) is 25.7 Å². The standard InChI is InChI=1S/C12H20O2/c1-10(2)9-14-12(13)8-7-11-5-3-4-6-11/h7-8,10-11H,3-6,9H2,1-2H3/b8-7-. The molecule has 0 N–H and O–H groups in total. The molecule has 0 spiro atoms. The summed E-state index contributed by atoms with van der Waals surface area (Å²) >= 11 is 0. The van der Waals surface area contributed by atoms with Crippen molar-refractivity contribution >= 4 is 5.97 Å². The molecule has 80 valence electrons. The second-order valence-corrected chi connectivity index (χ2v) is 4.43. The van der Waals surface area contributed by atoms with Crippen molar-refractivity contribution in [3.8, 4) is 0 Å². The summed E-state index contributed by atoms with van der Waals surface area (Å²) in [6.45, 7) is 4.59. The highest BCUT2D eigenvalue weighted by molar-refractivity contribution is 5.81. The predicted molar refractivity (Wildman–Crippen MR) is 56.9 cm³/mol. The van der Waals surface area contributed by atoms with Gasteiger partial charge in [-0.1, -0.05) is 32.8 Å². The maximum absolute atomic E-state index is 11.2. The van der Waals surface area contributed by atoms with Crippen LogP contribution in [0.25, 0.3) is 0 Å². The molecule has 0 aromatic heterocycles. The molecule has 1 aliphatic carbocycles. The fraction of sp³-hybridized carbons (Fsp3) is 0.750. The van der Waals surface area contributed by atoms with E-state index in [0.717, 1.165) is 0 Å². The van der Waals surface area contributed by atoms with Crippen molar-refractivity contribution in [2.75, 3.05) is 6.61 Å². The Balaban J connectivity index is 2.18. The van der Waals surface area contributed by atoms with Gasteiger partial charge in [-0.25, -0.2) is 4.79 Å². The van der Waals surface area contributed by atoms with Crippen molar-refractivity contribution in [3.05, 3.63) is 12.2 Å². The molecule has 0 saturated heterocycles. The minimum absolute atomic E-state index is 0.189. The van der Waals surface area contributed by atoms with E-state index < -0.39 is 0 Å². The van der Waals surface area contributed by atoms with E-state index in [0.29, 0.717) is 18.4 Å². The van der Waals surface area contributed by atoms with Crippen LogP contribution < -0.4 is 0 Å². The highest BCUT2D eigenvalue weighted by Gasteiger charge is 2.11. The van der Waals surface area contributed by atoms with Gasteiger partial charge in [-0.2, -0.15) is 0 Å². The summed E-state index contributed by atoms with van der Waals surface area (Å²) in [6.07, 6.45) is 8.67. The summed E-state index contributed by atoms with van der Waals surface area (Å²) < 4.78 is 5.04. The molecule has 0 atom stereocenters. The van der Waals surface area contributed by atoms with E-state index in [4.69, 9.17) is 4.74 Å². The van der Waals surface area contributed by atoms with E-state index in [9.17, 15) is 4.79 Å². The number of ether oxygens (including phenoxy) is 1. The first-order chi connectivity index (χ1) is 6.68. The molecule has 1 rings (SSSR count). The Morgan fingerprint density at radius 1 is 1.43 bits per heavy atom. The van der Waals surface area contributed by atoms with Gasteiger partial charge in [0.25, 0.3) is 0 Å². The van der Waals surface area contributed by atoms with Gasteiger partial charge in [-0.15, -0.1) is 0 Å². The van der Waals surface area contributed by atoms with Gasteiger partial charge in [0.15, 0.2) is 0 Å². The van der Waals surface area contributed by atoms with Gasteiger partial charge < -0.3 is 4.74 Å². The smallest absolute Gasteiger partial charge is 0.330 e. The average Bonchev–Trinajstić information content (AvgIpc) is 2.63. The van der Waals surface area contributed by atoms with E-state index in [-0.39, 0.29) is 5.97 Å². The molecule has 1 aliphatic rings. The fourth-order valence-electron chi connectivity index (χ4n) is 1.66. The van der Waals surface area contributed by atoms with Gasteiger partial charge in [-0.3, -0.25) is 0 Å². The number of hydrogen-bond donors (Lipinski definition) is 0. The van der Waals surface area contributed by atoms with Gasteiger partial charge in [0, 0.05) is 6.08 Å². The quantitative estimate of drug-likeness (QED) is 0.510. The van der Waals surface area contributed by atoms with Crippen molar-refractivity contribution in [1.29, 1.82) is 0 Å². The summed E-state index contributed by atoms with van der Waals surface area (Å²) in [5, 5.41) is 0. The van der Waals surface area contributed by atoms with Crippen LogP contribution in [0.4, 0.5) is 0 Å². The third-order valence-corrected chi connectivity index (χ3v) is 2.46. The molecule has 0 aliphatic heterocycles. The Kier molecular flexibility index (Phi) is 4.71. The molecule has 0 aromatic rings. The molecule has 0 bridgehead atoms. The van der Waals surface area contributed by atoms with Crippen LogP contribution in [0.15, 0.2) is 12.2 Å². The van der Waals surface area contributed by atoms with Gasteiger partial charge in [0.2, 0.25) is 0 Å². The molecular weight excluding hydrogens is 176 g/mol. The number of carbonyl (C=O) groups is 1. The lowest BCUT2D eigenvalue weighted by Crippen LogP contribution is -2.07. The van der Waals surface area contributed by atoms with Gasteiger partial charge >= 0.3 is 5.97 Å². The number of rotatable bonds is 4. The SMILES string of the molecule is CC(C)COC(=O)/C=C\C1CCCC1. The van der Waals surface area contributed by atoms with Crippen LogP contribution in [-0.4, -0.2) is 12.6 Å². The van der Waals surface area contributed by atoms with Crippen LogP contribution in [0.5, 0.6) is 0 Å². The minimum Gasteiger partial charge on any atom is -0.462 e. The van der Waals surface area contributed by atoms with Crippen LogP contribution in [0.3, 0.4) is 0 Å². The average molecular weight is 196 g/mol. The molecule has 0 unspecified atom stereocenters. The maximum Gasteiger partial charge on any atom is 0.330 e. The molecular formula is C12H20O2. The molecule has 0 heterocycles. The lowest BCUT2D eigenvalue weighted by molar-refractivity contribution is -0.138. The van der Waals surface area contributed by atoms with Crippen molar-refractivity contribution in [2.45, 2.75) is 39.5 Å². The Labute approximate surface area is 86.3 Å². The second-order valence-electron chi connectivity index (χ2n) is 4.43. The third kappa shape index (κ3) is 4.45. The highest BCUT2D eigenvalue weighted by atomic mass is 16.5. The van der Waals surface area contributed by atoms with Crippen molar-refractivity contribution < 1.29 is 9.53 Å². The van der Waals surface area contributed by atoms with E-state index >= 15 is 0 Å². The number of allylic oxidation sites excluding steroid dienone is 1. The second kappa shape index (κ2) is 5.84. The van der Waals surface area contributed by atoms with E-state index in [1.807, 2.05) is 19.9 Å². The fourth-order valence-corrected chi connectivity index (χ4v) is 1.66. The summed E-state index contributed by atoms with van der Waals surface area (Å²) in [5.74, 6) is 0.839. The third-order valence-electron chi connectivity index (χ3n) is 2.46. The topological polar surface area (TPSA) is 26.3 Å². The van der Waals surface area contributed by atoms with Crippen LogP contribution in [0, 0.1) is 11.8 Å². The molecule has 14 heavy (non-hydrogen) atoms. The van der Waals surface area contributed by atoms with E-state index in [2.05, 4.69) is 0 Å². The minimum atomic E-state index is -0.189. The normalized spacial score (nSPS) is 18.2. The first-order valence-corrected chi connectivity index (χ1v) is 5.53. The largest absolute Gasteiger partial charge is 0.462 e. The number of hydrogen-bond acceptors (Lipinski definition) is 2. The highest BCUT2D eigenvalue weighted by Crippen LogP contribution is 2.25. The summed E-state index contributed by atoms with van der Waals surface area (Å²) in [4.78, 5) is 11.2. The zero-order chi connectivity index (χ0) is 10.4. The van der Waals surface area contributed by atoms with E-state index in [1.54, 1.807) is 6.08 Å². The number of carbonyl (C=O) groups excluding carboxylic acids is 1. The lowest BCUT2D eigenvalue weighted by atomic mass is 10.1. The summed E-state index contributed by atoms with van der Waals surface area (Å²) in [7, 11) is 0. The van der Waals surface area contributed by atoms with Crippen LogP contribution >= 0.6 is 0 Å². The molecule has 2 nitrogen and oxygen atoms in total. The van der Waals surface area contributed by atoms with Crippen LogP contribution in [-0.2, 0) is 9.53 Å². The Bertz CT molecular complexity index is 200. The first kappa shape index (κ1) is 11.3. The zero-order valence-electron chi connectivity index (χ0n) is 9.16. The molecule has 2 heteroatoms. The lowest BCUT2D eigenvalue weighted by Gasteiger charge is -2.04. The van der Waals surface area contributed by atoms with Gasteiger partial charge in [0.05, 0.1) is 6.61 Å². The molecule has 0 amide bonds. The number of esters is 1. The Hall–Kier alpha value is -0.790. The van der Waals surface area contributed by atoms with Gasteiger partial charge in [0.1, 0.15) is 0 Å². The first-order valence-electron chi connectivity index (χ1n) is 5.53.